The third-order valence-corrected chi connectivity index (χ3v) is 4.06. The van der Waals surface area contributed by atoms with Crippen LogP contribution in [0.15, 0.2) is 24.3 Å². The van der Waals surface area contributed by atoms with E-state index in [1.54, 1.807) is 24.1 Å². The minimum atomic E-state index is -0.456. The first-order valence-corrected chi connectivity index (χ1v) is 8.00. The summed E-state index contributed by atoms with van der Waals surface area (Å²) in [4.78, 5) is 26.1. The molecule has 2 amide bonds. The maximum Gasteiger partial charge on any atom is 0.317 e. The van der Waals surface area contributed by atoms with Gasteiger partial charge in [0.05, 0.1) is 11.5 Å². The molecule has 132 valence electrons. The van der Waals surface area contributed by atoms with Crippen LogP contribution in [0.5, 0.6) is 5.75 Å². The minimum absolute atomic E-state index is 0.0230. The van der Waals surface area contributed by atoms with E-state index in [4.69, 9.17) is 4.74 Å². The van der Waals surface area contributed by atoms with E-state index in [1.165, 1.54) is 12.1 Å². The lowest BCUT2D eigenvalue weighted by Crippen LogP contribution is -2.41. The molecule has 0 aliphatic carbocycles. The molecule has 2 rings (SSSR count). The minimum Gasteiger partial charge on any atom is -0.492 e. The van der Waals surface area contributed by atoms with Gasteiger partial charge >= 0.3 is 6.03 Å². The van der Waals surface area contributed by atoms with Crippen molar-refractivity contribution in [1.29, 1.82) is 0 Å². The second-order valence-electron chi connectivity index (χ2n) is 6.13. The van der Waals surface area contributed by atoms with Crippen LogP contribution in [0.25, 0.3) is 0 Å². The van der Waals surface area contributed by atoms with Crippen LogP contribution in [0.4, 0.5) is 10.5 Å². The van der Waals surface area contributed by atoms with E-state index in [2.05, 4.69) is 17.3 Å². The fourth-order valence-corrected chi connectivity index (χ4v) is 2.77. The number of nitrogens with one attached hydrogen (secondary N) is 1. The summed E-state index contributed by atoms with van der Waals surface area (Å²) in [5, 5.41) is 13.4. The lowest BCUT2D eigenvalue weighted by molar-refractivity contribution is -0.384. The van der Waals surface area contributed by atoms with Crippen molar-refractivity contribution in [2.75, 3.05) is 46.9 Å². The van der Waals surface area contributed by atoms with Gasteiger partial charge in [0.2, 0.25) is 0 Å². The standard InChI is InChI=1S/C16H24N4O4/c1-18-9-7-13(11-18)12-19(2)16(21)17-8-10-24-15-5-3-14(4-6-15)20(22)23/h3-6,13H,7-12H2,1-2H3,(H,17,21). The van der Waals surface area contributed by atoms with E-state index in [0.29, 0.717) is 24.8 Å². The average Bonchev–Trinajstić information content (AvgIpc) is 2.96. The number of ether oxygens (including phenoxy) is 1. The Morgan fingerprint density at radius 2 is 2.17 bits per heavy atom. The SMILES string of the molecule is CN1CCC(CN(C)C(=O)NCCOc2ccc([N+](=O)[O-])cc2)C1. The lowest BCUT2D eigenvalue weighted by atomic mass is 10.1. The fraction of sp³-hybridized carbons (Fsp3) is 0.562. The molecule has 1 aliphatic heterocycles. The summed E-state index contributed by atoms with van der Waals surface area (Å²) in [7, 11) is 3.89. The second-order valence-corrected chi connectivity index (χ2v) is 6.13. The summed E-state index contributed by atoms with van der Waals surface area (Å²) >= 11 is 0. The van der Waals surface area contributed by atoms with E-state index >= 15 is 0 Å². The Hall–Kier alpha value is -2.35. The van der Waals surface area contributed by atoms with Gasteiger partial charge in [0.25, 0.3) is 5.69 Å². The molecule has 8 nitrogen and oxygen atoms in total. The van der Waals surface area contributed by atoms with Crippen molar-refractivity contribution < 1.29 is 14.5 Å². The topological polar surface area (TPSA) is 88.0 Å². The predicted molar refractivity (Wildman–Crippen MR) is 90.2 cm³/mol. The zero-order chi connectivity index (χ0) is 17.5. The number of nitro benzene ring substituents is 1. The highest BCUT2D eigenvalue weighted by atomic mass is 16.6. The average molecular weight is 336 g/mol. The van der Waals surface area contributed by atoms with Gasteiger partial charge in [-0.2, -0.15) is 0 Å². The van der Waals surface area contributed by atoms with E-state index in [9.17, 15) is 14.9 Å². The molecule has 24 heavy (non-hydrogen) atoms. The number of nitro groups is 1. The molecule has 1 saturated heterocycles. The van der Waals surface area contributed by atoms with Crippen molar-refractivity contribution >= 4 is 11.7 Å². The number of rotatable bonds is 7. The van der Waals surface area contributed by atoms with Gasteiger partial charge in [0, 0.05) is 32.3 Å². The van der Waals surface area contributed by atoms with Crippen LogP contribution in [0, 0.1) is 16.0 Å². The third kappa shape index (κ3) is 5.38. The number of nitrogens with zero attached hydrogens (tertiary/aromatic N) is 3. The summed E-state index contributed by atoms with van der Waals surface area (Å²) in [5.41, 5.74) is 0.0230. The molecule has 1 aromatic carbocycles. The molecular formula is C16H24N4O4. The Labute approximate surface area is 141 Å². The first-order valence-electron chi connectivity index (χ1n) is 8.00. The van der Waals surface area contributed by atoms with Crippen LogP contribution in [-0.2, 0) is 0 Å². The molecule has 0 radical (unpaired) electrons. The van der Waals surface area contributed by atoms with Gasteiger partial charge in [-0.3, -0.25) is 10.1 Å². The highest BCUT2D eigenvalue weighted by molar-refractivity contribution is 5.73. The molecule has 0 aromatic heterocycles. The van der Waals surface area contributed by atoms with Crippen molar-refractivity contribution in [1.82, 2.24) is 15.1 Å². The number of benzene rings is 1. The van der Waals surface area contributed by atoms with Gasteiger partial charge in [-0.05, 0) is 38.1 Å². The van der Waals surface area contributed by atoms with E-state index < -0.39 is 4.92 Å². The van der Waals surface area contributed by atoms with Crippen molar-refractivity contribution in [3.05, 3.63) is 34.4 Å². The molecule has 1 N–H and O–H groups in total. The molecule has 1 aromatic rings. The quantitative estimate of drug-likeness (QED) is 0.464. The number of likely N-dealkylation sites (tertiary alicyclic amines) is 1. The largest absolute Gasteiger partial charge is 0.492 e. The first-order chi connectivity index (χ1) is 11.5. The number of hydrogen-bond donors (Lipinski definition) is 1. The monoisotopic (exact) mass is 336 g/mol. The summed E-state index contributed by atoms with van der Waals surface area (Å²) in [6.45, 7) is 3.55. The fourth-order valence-electron chi connectivity index (χ4n) is 2.77. The summed E-state index contributed by atoms with van der Waals surface area (Å²) < 4.78 is 5.46. The van der Waals surface area contributed by atoms with Gasteiger partial charge in [-0.25, -0.2) is 4.79 Å². The molecule has 0 bridgehead atoms. The Morgan fingerprint density at radius 1 is 1.46 bits per heavy atom. The highest BCUT2D eigenvalue weighted by Crippen LogP contribution is 2.17. The van der Waals surface area contributed by atoms with Crippen molar-refractivity contribution in [3.8, 4) is 5.75 Å². The van der Waals surface area contributed by atoms with Gasteiger partial charge in [0.15, 0.2) is 0 Å². The molecule has 1 aliphatic rings. The number of urea groups is 1. The summed E-state index contributed by atoms with van der Waals surface area (Å²) in [6, 6.07) is 5.75. The van der Waals surface area contributed by atoms with E-state index in [1.807, 2.05) is 0 Å². The number of carbonyl (C=O) groups is 1. The number of hydrogen-bond acceptors (Lipinski definition) is 5. The van der Waals surface area contributed by atoms with E-state index in [-0.39, 0.29) is 11.7 Å². The smallest absolute Gasteiger partial charge is 0.317 e. The molecule has 1 unspecified atom stereocenters. The van der Waals surface area contributed by atoms with Crippen LogP contribution >= 0.6 is 0 Å². The Balaban J connectivity index is 1.64. The van der Waals surface area contributed by atoms with Gasteiger partial charge in [-0.15, -0.1) is 0 Å². The molecular weight excluding hydrogens is 312 g/mol. The van der Waals surface area contributed by atoms with Crippen LogP contribution < -0.4 is 10.1 Å². The third-order valence-electron chi connectivity index (χ3n) is 4.06. The first kappa shape index (κ1) is 18.0. The van der Waals surface area contributed by atoms with Crippen molar-refractivity contribution in [2.24, 2.45) is 5.92 Å². The van der Waals surface area contributed by atoms with Crippen LogP contribution in [0.2, 0.25) is 0 Å². The zero-order valence-corrected chi connectivity index (χ0v) is 14.1. The van der Waals surface area contributed by atoms with Crippen molar-refractivity contribution in [3.63, 3.8) is 0 Å². The molecule has 0 spiro atoms. The summed E-state index contributed by atoms with van der Waals surface area (Å²) in [5.74, 6) is 1.07. The van der Waals surface area contributed by atoms with Gasteiger partial charge in [0.1, 0.15) is 12.4 Å². The van der Waals surface area contributed by atoms with Gasteiger partial charge in [-0.1, -0.05) is 0 Å². The van der Waals surface area contributed by atoms with Crippen LogP contribution in [-0.4, -0.2) is 67.6 Å². The molecule has 1 heterocycles. The Kier molecular flexibility index (Phi) is 6.36. The molecule has 1 atom stereocenters. The maximum absolute atomic E-state index is 12.0. The normalized spacial score (nSPS) is 17.5. The zero-order valence-electron chi connectivity index (χ0n) is 14.1. The molecule has 1 fully saturated rings. The lowest BCUT2D eigenvalue weighted by Gasteiger charge is -2.21. The van der Waals surface area contributed by atoms with Crippen LogP contribution in [0.1, 0.15) is 6.42 Å². The Morgan fingerprint density at radius 3 is 2.75 bits per heavy atom. The van der Waals surface area contributed by atoms with Crippen LogP contribution in [0.3, 0.4) is 0 Å². The number of non-ortho nitro benzene ring substituents is 1. The number of carbonyl (C=O) groups excluding carboxylic acids is 1. The highest BCUT2D eigenvalue weighted by Gasteiger charge is 2.22. The van der Waals surface area contributed by atoms with Gasteiger partial charge < -0.3 is 19.9 Å². The Bertz CT molecular complexity index is 564. The predicted octanol–water partition coefficient (Wildman–Crippen LogP) is 1.57. The van der Waals surface area contributed by atoms with E-state index in [0.717, 1.165) is 26.1 Å². The number of amides is 2. The second kappa shape index (κ2) is 8.49. The maximum atomic E-state index is 12.0. The molecule has 0 saturated carbocycles. The summed E-state index contributed by atoms with van der Waals surface area (Å²) in [6.07, 6.45) is 1.12. The molecule has 8 heteroatoms. The van der Waals surface area contributed by atoms with Crippen molar-refractivity contribution in [2.45, 2.75) is 6.42 Å².